The summed E-state index contributed by atoms with van der Waals surface area (Å²) >= 11 is 0. The molecule has 0 aromatic heterocycles. The number of esters is 2. The van der Waals surface area contributed by atoms with Crippen molar-refractivity contribution in [3.8, 4) is 17.2 Å². The summed E-state index contributed by atoms with van der Waals surface area (Å²) in [6.07, 6.45) is -0.997. The minimum Gasteiger partial charge on any atom is -0.493 e. The quantitative estimate of drug-likeness (QED) is 0.430. The van der Waals surface area contributed by atoms with E-state index in [4.69, 9.17) is 28.4 Å². The van der Waals surface area contributed by atoms with Crippen LogP contribution in [0.5, 0.6) is 17.2 Å². The van der Waals surface area contributed by atoms with Crippen LogP contribution in [0, 0.1) is 0 Å². The highest BCUT2D eigenvalue weighted by molar-refractivity contribution is 5.98. The average molecular weight is 370 g/mol. The number of ether oxygens (including phenoxy) is 6. The minimum atomic E-state index is -1.41. The molecule has 146 valence electrons. The molecule has 0 amide bonds. The summed E-state index contributed by atoms with van der Waals surface area (Å²) in [7, 11) is 4.57. The van der Waals surface area contributed by atoms with Gasteiger partial charge in [0.15, 0.2) is 11.5 Å². The van der Waals surface area contributed by atoms with Crippen molar-refractivity contribution in [2.75, 3.05) is 41.2 Å². The Morgan fingerprint density at radius 3 is 1.77 bits per heavy atom. The van der Waals surface area contributed by atoms with Gasteiger partial charge in [0.25, 0.3) is 6.10 Å². The molecular weight excluding hydrogens is 344 g/mol. The lowest BCUT2D eigenvalue weighted by Gasteiger charge is -2.16. The molecule has 0 saturated carbocycles. The molecule has 0 saturated heterocycles. The van der Waals surface area contributed by atoms with E-state index in [1.54, 1.807) is 26.0 Å². The minimum absolute atomic E-state index is 0.0981. The van der Waals surface area contributed by atoms with Gasteiger partial charge in [-0.15, -0.1) is 0 Å². The third-order valence-electron chi connectivity index (χ3n) is 3.40. The smallest absolute Gasteiger partial charge is 0.347 e. The lowest BCUT2D eigenvalue weighted by Crippen LogP contribution is -2.36. The maximum absolute atomic E-state index is 11.9. The molecule has 0 heterocycles. The van der Waals surface area contributed by atoms with Gasteiger partial charge < -0.3 is 28.4 Å². The zero-order valence-corrected chi connectivity index (χ0v) is 15.8. The summed E-state index contributed by atoms with van der Waals surface area (Å²) in [6, 6.07) is 3.54. The standard InChI is InChI=1S/C18H26O8/c1-6-24-17(19)16(18(20)25-7-2)26-9-8-12-10-13(21-3)15(23-5)14(11-12)22-4/h10-11,16H,6-9H2,1-5H3. The zero-order valence-electron chi connectivity index (χ0n) is 15.8. The highest BCUT2D eigenvalue weighted by Gasteiger charge is 2.30. The third-order valence-corrected chi connectivity index (χ3v) is 3.40. The average Bonchev–Trinajstić information content (AvgIpc) is 2.64. The Hall–Kier alpha value is -2.48. The first-order valence-electron chi connectivity index (χ1n) is 8.26. The predicted octanol–water partition coefficient (Wildman–Crippen LogP) is 1.77. The van der Waals surface area contributed by atoms with E-state index in [0.717, 1.165) is 5.56 Å². The van der Waals surface area contributed by atoms with Gasteiger partial charge in [-0.2, -0.15) is 0 Å². The Morgan fingerprint density at radius 2 is 1.38 bits per heavy atom. The molecule has 8 nitrogen and oxygen atoms in total. The fourth-order valence-electron chi connectivity index (χ4n) is 2.24. The fraction of sp³-hybridized carbons (Fsp3) is 0.556. The molecule has 0 unspecified atom stereocenters. The molecule has 1 aromatic carbocycles. The summed E-state index contributed by atoms with van der Waals surface area (Å²) in [5.41, 5.74) is 0.825. The lowest BCUT2D eigenvalue weighted by atomic mass is 10.1. The monoisotopic (exact) mass is 370 g/mol. The van der Waals surface area contributed by atoms with E-state index in [1.165, 1.54) is 21.3 Å². The predicted molar refractivity (Wildman–Crippen MR) is 92.8 cm³/mol. The highest BCUT2D eigenvalue weighted by Crippen LogP contribution is 2.38. The van der Waals surface area contributed by atoms with Crippen molar-refractivity contribution in [2.45, 2.75) is 26.4 Å². The molecule has 0 aliphatic rings. The molecule has 8 heteroatoms. The van der Waals surface area contributed by atoms with Crippen LogP contribution in [-0.2, 0) is 30.2 Å². The van der Waals surface area contributed by atoms with Crippen LogP contribution in [0.25, 0.3) is 0 Å². The number of rotatable bonds is 11. The molecular formula is C18H26O8. The number of hydrogen-bond donors (Lipinski definition) is 0. The van der Waals surface area contributed by atoms with Crippen molar-refractivity contribution in [3.63, 3.8) is 0 Å². The molecule has 1 rings (SSSR count). The van der Waals surface area contributed by atoms with Gasteiger partial charge >= 0.3 is 11.9 Å². The first-order valence-corrected chi connectivity index (χ1v) is 8.26. The Labute approximate surface area is 153 Å². The Kier molecular flexibility index (Phi) is 9.29. The van der Waals surface area contributed by atoms with Gasteiger partial charge in [-0.3, -0.25) is 0 Å². The second kappa shape index (κ2) is 11.2. The van der Waals surface area contributed by atoms with Gasteiger partial charge in [-0.1, -0.05) is 0 Å². The second-order valence-electron chi connectivity index (χ2n) is 5.04. The molecule has 26 heavy (non-hydrogen) atoms. The van der Waals surface area contributed by atoms with Crippen LogP contribution >= 0.6 is 0 Å². The summed E-state index contributed by atoms with van der Waals surface area (Å²) in [6.45, 7) is 3.68. The van der Waals surface area contributed by atoms with Gasteiger partial charge in [-0.05, 0) is 38.0 Å². The largest absolute Gasteiger partial charge is 0.493 e. The molecule has 0 aliphatic carbocycles. The number of carbonyl (C=O) groups excluding carboxylic acids is 2. The van der Waals surface area contributed by atoms with E-state index in [-0.39, 0.29) is 19.8 Å². The van der Waals surface area contributed by atoms with Crippen molar-refractivity contribution in [1.82, 2.24) is 0 Å². The zero-order chi connectivity index (χ0) is 19.5. The second-order valence-corrected chi connectivity index (χ2v) is 5.04. The Bertz CT molecular complexity index is 556. The van der Waals surface area contributed by atoms with Crippen molar-refractivity contribution >= 4 is 11.9 Å². The number of carbonyl (C=O) groups is 2. The van der Waals surface area contributed by atoms with E-state index >= 15 is 0 Å². The normalized spacial score (nSPS) is 10.4. The molecule has 0 fully saturated rings. The summed E-state index contributed by atoms with van der Waals surface area (Å²) in [4.78, 5) is 23.8. The third kappa shape index (κ3) is 5.80. The Morgan fingerprint density at radius 1 is 0.885 bits per heavy atom. The summed E-state index contributed by atoms with van der Waals surface area (Å²) < 4.78 is 31.0. The van der Waals surface area contributed by atoms with Crippen LogP contribution in [0.3, 0.4) is 0 Å². The number of methoxy groups -OCH3 is 3. The fourth-order valence-corrected chi connectivity index (χ4v) is 2.24. The van der Waals surface area contributed by atoms with E-state index in [9.17, 15) is 9.59 Å². The highest BCUT2D eigenvalue weighted by atomic mass is 16.6. The van der Waals surface area contributed by atoms with Crippen molar-refractivity contribution in [2.24, 2.45) is 0 Å². The van der Waals surface area contributed by atoms with Crippen LogP contribution in [0.15, 0.2) is 12.1 Å². The van der Waals surface area contributed by atoms with Crippen LogP contribution in [0.4, 0.5) is 0 Å². The number of hydrogen-bond acceptors (Lipinski definition) is 8. The molecule has 0 N–H and O–H groups in total. The Balaban J connectivity index is 2.82. The molecule has 0 bridgehead atoms. The van der Waals surface area contributed by atoms with E-state index in [2.05, 4.69) is 0 Å². The topological polar surface area (TPSA) is 89.5 Å². The van der Waals surface area contributed by atoms with Gasteiger partial charge in [0.2, 0.25) is 5.75 Å². The first-order chi connectivity index (χ1) is 12.5. The maximum atomic E-state index is 11.9. The molecule has 0 radical (unpaired) electrons. The van der Waals surface area contributed by atoms with Crippen LogP contribution in [0.2, 0.25) is 0 Å². The van der Waals surface area contributed by atoms with Gasteiger partial charge in [-0.25, -0.2) is 9.59 Å². The van der Waals surface area contributed by atoms with Gasteiger partial charge in [0, 0.05) is 0 Å². The SMILES string of the molecule is CCOC(=O)C(OCCc1cc(OC)c(OC)c(OC)c1)C(=O)OCC. The molecule has 0 aliphatic heterocycles. The molecule has 0 spiro atoms. The number of benzene rings is 1. The van der Waals surface area contributed by atoms with Crippen LogP contribution in [-0.4, -0.2) is 59.2 Å². The van der Waals surface area contributed by atoms with Crippen molar-refractivity contribution in [3.05, 3.63) is 17.7 Å². The summed E-state index contributed by atoms with van der Waals surface area (Å²) in [5.74, 6) is -0.0364. The van der Waals surface area contributed by atoms with Gasteiger partial charge in [0.1, 0.15) is 0 Å². The maximum Gasteiger partial charge on any atom is 0.347 e. The first kappa shape index (κ1) is 21.6. The molecule has 0 atom stereocenters. The lowest BCUT2D eigenvalue weighted by molar-refractivity contribution is -0.172. The van der Waals surface area contributed by atoms with Gasteiger partial charge in [0.05, 0.1) is 41.2 Å². The summed E-state index contributed by atoms with van der Waals surface area (Å²) in [5, 5.41) is 0. The van der Waals surface area contributed by atoms with E-state index in [1.807, 2.05) is 0 Å². The van der Waals surface area contributed by atoms with Crippen molar-refractivity contribution in [1.29, 1.82) is 0 Å². The molecule has 1 aromatic rings. The van der Waals surface area contributed by atoms with E-state index in [0.29, 0.717) is 23.7 Å². The van der Waals surface area contributed by atoms with Crippen LogP contribution < -0.4 is 14.2 Å². The van der Waals surface area contributed by atoms with Crippen LogP contribution in [0.1, 0.15) is 19.4 Å². The van der Waals surface area contributed by atoms with E-state index < -0.39 is 18.0 Å². The van der Waals surface area contributed by atoms with Crippen molar-refractivity contribution < 1.29 is 38.0 Å².